The molecule has 0 spiro atoms. The van der Waals surface area contributed by atoms with Gasteiger partial charge in [0, 0.05) is 30.0 Å². The van der Waals surface area contributed by atoms with Gasteiger partial charge in [-0.05, 0) is 83.3 Å². The second-order valence-corrected chi connectivity index (χ2v) is 11.2. The Labute approximate surface area is 233 Å². The van der Waals surface area contributed by atoms with Crippen LogP contribution in [0.15, 0.2) is 48.5 Å². The number of nitrogens with zero attached hydrogens (tertiary/aromatic N) is 6. The summed E-state index contributed by atoms with van der Waals surface area (Å²) in [7, 11) is 0. The zero-order valence-corrected chi connectivity index (χ0v) is 23.0. The smallest absolute Gasteiger partial charge is 0.180 e. The van der Waals surface area contributed by atoms with Gasteiger partial charge in [0.2, 0.25) is 0 Å². The van der Waals surface area contributed by atoms with E-state index in [1.807, 2.05) is 12.1 Å². The molecule has 1 N–H and O–H groups in total. The van der Waals surface area contributed by atoms with Gasteiger partial charge in [0.25, 0.3) is 0 Å². The molecular weight excluding hydrogens is 498 g/mol. The largest absolute Gasteiger partial charge is 0.305 e. The number of Topliss-reactive ketones (excluding diaryl/α,β-unsaturated/α-hetero) is 1. The number of imidazole rings is 1. The quantitative estimate of drug-likeness (QED) is 0.289. The monoisotopic (exact) mass is 531 g/mol. The third-order valence-corrected chi connectivity index (χ3v) is 8.76. The molecule has 0 saturated heterocycles. The summed E-state index contributed by atoms with van der Waals surface area (Å²) in [6, 6.07) is 17.4. The van der Waals surface area contributed by atoms with E-state index in [0.717, 1.165) is 89.9 Å². The molecule has 7 rings (SSSR count). The number of ketones is 1. The lowest BCUT2D eigenvalue weighted by atomic mass is 9.84. The standard InChI is InChI=1S/C32H33N7O/c1-3-29-34-30-19(2)16-23(18-22-8-4-7-11-28(22)40)33-32(30)39(29)27-15-13-21-17-20(12-14-25(21)27)24-9-5-6-10-26(24)31-35-37-38-36-31/h5-6,9-10,12,14,16-17,22,27H,3-4,7-8,11,13,15,18H2,1-2H3,(H,35,36,37,38)/t22-,27+/m1/s1. The molecule has 0 unspecified atom stereocenters. The van der Waals surface area contributed by atoms with Gasteiger partial charge >= 0.3 is 0 Å². The van der Waals surface area contributed by atoms with Crippen molar-refractivity contribution in [1.29, 1.82) is 0 Å². The molecule has 0 aliphatic heterocycles. The lowest BCUT2D eigenvalue weighted by molar-refractivity contribution is -0.124. The van der Waals surface area contributed by atoms with Crippen molar-refractivity contribution >= 4 is 16.9 Å². The Kier molecular flexibility index (Phi) is 6.25. The van der Waals surface area contributed by atoms with Gasteiger partial charge in [0.15, 0.2) is 11.5 Å². The molecule has 202 valence electrons. The van der Waals surface area contributed by atoms with Crippen LogP contribution in [0, 0.1) is 12.8 Å². The Morgan fingerprint density at radius 3 is 2.67 bits per heavy atom. The molecule has 8 heteroatoms. The minimum Gasteiger partial charge on any atom is -0.305 e. The fourth-order valence-corrected chi connectivity index (χ4v) is 6.78. The summed E-state index contributed by atoms with van der Waals surface area (Å²) in [5, 5.41) is 14.6. The lowest BCUT2D eigenvalue weighted by Crippen LogP contribution is -2.21. The second-order valence-electron chi connectivity index (χ2n) is 11.2. The highest BCUT2D eigenvalue weighted by Crippen LogP contribution is 2.40. The molecule has 0 radical (unpaired) electrons. The summed E-state index contributed by atoms with van der Waals surface area (Å²) in [4.78, 5) is 22.8. The number of nitrogens with one attached hydrogen (secondary N) is 1. The maximum Gasteiger partial charge on any atom is 0.180 e. The van der Waals surface area contributed by atoms with Crippen LogP contribution in [0.5, 0.6) is 0 Å². The lowest BCUT2D eigenvalue weighted by Gasteiger charge is -2.21. The number of rotatable bonds is 6. The van der Waals surface area contributed by atoms with Crippen molar-refractivity contribution in [3.05, 3.63) is 76.7 Å². The first-order chi connectivity index (χ1) is 19.6. The number of hydrogen-bond acceptors (Lipinski definition) is 6. The molecule has 0 bridgehead atoms. The van der Waals surface area contributed by atoms with Crippen LogP contribution in [-0.4, -0.2) is 40.9 Å². The number of aryl methyl sites for hydroxylation is 3. The number of aromatic nitrogens is 7. The van der Waals surface area contributed by atoms with Gasteiger partial charge < -0.3 is 4.57 Å². The van der Waals surface area contributed by atoms with Crippen molar-refractivity contribution in [2.45, 2.75) is 71.3 Å². The van der Waals surface area contributed by atoms with Crippen molar-refractivity contribution < 1.29 is 4.79 Å². The molecule has 3 aromatic heterocycles. The average Bonchev–Trinajstić information content (AvgIpc) is 3.73. The highest BCUT2D eigenvalue weighted by Gasteiger charge is 2.30. The normalized spacial score (nSPS) is 18.9. The number of H-pyrrole nitrogens is 1. The fraction of sp³-hybridized carbons (Fsp3) is 0.375. The van der Waals surface area contributed by atoms with Crippen LogP contribution in [0.2, 0.25) is 0 Å². The van der Waals surface area contributed by atoms with Crippen molar-refractivity contribution in [2.75, 3.05) is 0 Å². The van der Waals surface area contributed by atoms with Crippen LogP contribution in [0.1, 0.15) is 73.3 Å². The van der Waals surface area contributed by atoms with E-state index in [4.69, 9.17) is 9.97 Å². The molecule has 3 heterocycles. The zero-order chi connectivity index (χ0) is 27.2. The summed E-state index contributed by atoms with van der Waals surface area (Å²) in [6.45, 7) is 4.30. The van der Waals surface area contributed by atoms with Gasteiger partial charge in [0.05, 0.1) is 6.04 Å². The van der Waals surface area contributed by atoms with Crippen molar-refractivity contribution in [3.8, 4) is 22.5 Å². The third kappa shape index (κ3) is 4.22. The van der Waals surface area contributed by atoms with E-state index in [1.165, 1.54) is 11.1 Å². The molecule has 40 heavy (non-hydrogen) atoms. The number of hydrogen-bond donors (Lipinski definition) is 1. The van der Waals surface area contributed by atoms with Crippen LogP contribution < -0.4 is 0 Å². The predicted molar refractivity (Wildman–Crippen MR) is 154 cm³/mol. The maximum absolute atomic E-state index is 12.6. The number of carbonyl (C=O) groups is 1. The molecule has 1 fully saturated rings. The zero-order valence-electron chi connectivity index (χ0n) is 23.0. The van der Waals surface area contributed by atoms with E-state index in [0.29, 0.717) is 18.0 Å². The van der Waals surface area contributed by atoms with Crippen LogP contribution in [0.4, 0.5) is 0 Å². The van der Waals surface area contributed by atoms with Crippen molar-refractivity contribution in [1.82, 2.24) is 35.2 Å². The highest BCUT2D eigenvalue weighted by molar-refractivity contribution is 5.83. The summed E-state index contributed by atoms with van der Waals surface area (Å²) >= 11 is 0. The van der Waals surface area contributed by atoms with Crippen LogP contribution in [0.25, 0.3) is 33.7 Å². The summed E-state index contributed by atoms with van der Waals surface area (Å²) in [6.07, 6.45) is 7.43. The maximum atomic E-state index is 12.6. The van der Waals surface area contributed by atoms with E-state index >= 15 is 0 Å². The SMILES string of the molecule is CCc1nc2c(C)cc(C[C@H]3CCCCC3=O)nc2n1[C@H]1CCc2cc(-c3ccccc3-c3nnn[nH]3)ccc21. The first kappa shape index (κ1) is 24.8. The number of carbonyl (C=O) groups excluding carboxylic acids is 1. The first-order valence-electron chi connectivity index (χ1n) is 14.5. The summed E-state index contributed by atoms with van der Waals surface area (Å²) in [5.41, 5.74) is 10.0. The van der Waals surface area contributed by atoms with Crippen LogP contribution in [0.3, 0.4) is 0 Å². The minimum absolute atomic E-state index is 0.0985. The number of pyridine rings is 1. The van der Waals surface area contributed by atoms with Gasteiger partial charge in [-0.3, -0.25) is 4.79 Å². The number of aromatic amines is 1. The highest BCUT2D eigenvalue weighted by atomic mass is 16.1. The van der Waals surface area contributed by atoms with Crippen molar-refractivity contribution in [3.63, 3.8) is 0 Å². The molecule has 2 aliphatic carbocycles. The van der Waals surface area contributed by atoms with Gasteiger partial charge in [0.1, 0.15) is 17.1 Å². The van der Waals surface area contributed by atoms with Crippen molar-refractivity contribution in [2.24, 2.45) is 5.92 Å². The van der Waals surface area contributed by atoms with E-state index in [9.17, 15) is 4.79 Å². The summed E-state index contributed by atoms with van der Waals surface area (Å²) in [5.74, 6) is 2.23. The third-order valence-electron chi connectivity index (χ3n) is 8.76. The van der Waals surface area contributed by atoms with E-state index in [2.05, 4.69) is 75.4 Å². The summed E-state index contributed by atoms with van der Waals surface area (Å²) < 4.78 is 2.38. The van der Waals surface area contributed by atoms with Gasteiger partial charge in [-0.15, -0.1) is 5.10 Å². The molecule has 8 nitrogen and oxygen atoms in total. The van der Waals surface area contributed by atoms with Gasteiger partial charge in [-0.1, -0.05) is 55.8 Å². The first-order valence-corrected chi connectivity index (χ1v) is 14.5. The number of tetrazole rings is 1. The molecular formula is C32H33N7O. The molecule has 2 aromatic carbocycles. The molecule has 2 aliphatic rings. The molecule has 0 amide bonds. The van der Waals surface area contributed by atoms with E-state index < -0.39 is 0 Å². The number of benzene rings is 2. The predicted octanol–water partition coefficient (Wildman–Crippen LogP) is 5.99. The van der Waals surface area contributed by atoms with Crippen LogP contribution >= 0.6 is 0 Å². The topological polar surface area (TPSA) is 102 Å². The van der Waals surface area contributed by atoms with Crippen LogP contribution in [-0.2, 0) is 24.1 Å². The van der Waals surface area contributed by atoms with E-state index in [1.54, 1.807) is 0 Å². The Bertz CT molecular complexity index is 1720. The van der Waals surface area contributed by atoms with E-state index in [-0.39, 0.29) is 12.0 Å². The fourth-order valence-electron chi connectivity index (χ4n) is 6.78. The number of fused-ring (bicyclic) bond motifs is 2. The Balaban J connectivity index is 1.27. The average molecular weight is 532 g/mol. The Morgan fingerprint density at radius 2 is 1.88 bits per heavy atom. The molecule has 2 atom stereocenters. The Morgan fingerprint density at radius 1 is 1.00 bits per heavy atom. The molecule has 1 saturated carbocycles. The molecule has 5 aromatic rings. The minimum atomic E-state index is 0.0985. The second kappa shape index (κ2) is 10.1. The van der Waals surface area contributed by atoms with Gasteiger partial charge in [-0.25, -0.2) is 15.1 Å². The van der Waals surface area contributed by atoms with Gasteiger partial charge in [-0.2, -0.15) is 0 Å². The Hall–Kier alpha value is -4.20.